The van der Waals surface area contributed by atoms with Gasteiger partial charge in [0.2, 0.25) is 5.91 Å². The van der Waals surface area contributed by atoms with Gasteiger partial charge in [0.15, 0.2) is 0 Å². The number of benzene rings is 2. The molecule has 7 nitrogen and oxygen atoms in total. The summed E-state index contributed by atoms with van der Waals surface area (Å²) in [7, 11) is 0. The Balaban J connectivity index is 1.43. The van der Waals surface area contributed by atoms with Crippen molar-refractivity contribution in [3.8, 4) is 0 Å². The summed E-state index contributed by atoms with van der Waals surface area (Å²) in [5.41, 5.74) is 1.32. The average Bonchev–Trinajstić information content (AvgIpc) is 2.70. The molecule has 3 aromatic rings. The second-order valence-corrected chi connectivity index (χ2v) is 6.20. The minimum absolute atomic E-state index is 0.00773. The zero-order valence-corrected chi connectivity index (χ0v) is 15.2. The van der Waals surface area contributed by atoms with Gasteiger partial charge in [-0.15, -0.1) is 5.10 Å². The first kappa shape index (κ1) is 18.7. The van der Waals surface area contributed by atoms with Gasteiger partial charge in [-0.3, -0.25) is 9.59 Å². The van der Waals surface area contributed by atoms with Crippen molar-refractivity contribution < 1.29 is 9.53 Å². The molecular weight excluding hydrogens is 344 g/mol. The van der Waals surface area contributed by atoms with Crippen LogP contribution in [0.5, 0.6) is 0 Å². The van der Waals surface area contributed by atoms with Crippen LogP contribution in [0.2, 0.25) is 0 Å². The first-order valence-electron chi connectivity index (χ1n) is 8.91. The van der Waals surface area contributed by atoms with Crippen LogP contribution in [0.1, 0.15) is 25.0 Å². The van der Waals surface area contributed by atoms with E-state index in [4.69, 9.17) is 4.74 Å². The zero-order valence-electron chi connectivity index (χ0n) is 15.2. The van der Waals surface area contributed by atoms with Crippen LogP contribution in [-0.4, -0.2) is 34.1 Å². The predicted octanol–water partition coefficient (Wildman–Crippen LogP) is 2.08. The molecular formula is C20H22N4O3. The van der Waals surface area contributed by atoms with Crippen molar-refractivity contribution in [3.05, 3.63) is 70.5 Å². The van der Waals surface area contributed by atoms with Gasteiger partial charge in [-0.05, 0) is 31.0 Å². The quantitative estimate of drug-likeness (QED) is 0.617. The number of nitrogens with one attached hydrogen (secondary N) is 1. The number of ether oxygens (including phenoxy) is 1. The monoisotopic (exact) mass is 366 g/mol. The predicted molar refractivity (Wildman–Crippen MR) is 102 cm³/mol. The number of hydrogen-bond donors (Lipinski definition) is 1. The van der Waals surface area contributed by atoms with Gasteiger partial charge < -0.3 is 10.1 Å². The number of carbonyl (C=O) groups excluding carboxylic acids is 1. The van der Waals surface area contributed by atoms with E-state index in [9.17, 15) is 9.59 Å². The molecule has 0 saturated carbocycles. The van der Waals surface area contributed by atoms with Gasteiger partial charge in [0.05, 0.1) is 11.5 Å². The fourth-order valence-corrected chi connectivity index (χ4v) is 2.70. The number of carbonyl (C=O) groups is 1. The molecule has 2 aromatic carbocycles. The third-order valence-electron chi connectivity index (χ3n) is 4.20. The van der Waals surface area contributed by atoms with Crippen LogP contribution in [0.4, 0.5) is 0 Å². The Kier molecular flexibility index (Phi) is 6.27. The van der Waals surface area contributed by atoms with Crippen LogP contribution >= 0.6 is 0 Å². The number of nitrogens with zero attached hydrogens (tertiary/aromatic N) is 3. The fourth-order valence-electron chi connectivity index (χ4n) is 2.70. The van der Waals surface area contributed by atoms with Crippen LogP contribution in [-0.2, 0) is 16.1 Å². The smallest absolute Gasteiger partial charge is 0.278 e. The van der Waals surface area contributed by atoms with Gasteiger partial charge in [-0.2, -0.15) is 0 Å². The summed E-state index contributed by atoms with van der Waals surface area (Å²) in [6.45, 7) is 2.85. The van der Waals surface area contributed by atoms with Crippen LogP contribution in [0, 0.1) is 0 Å². The highest BCUT2D eigenvalue weighted by Gasteiger charge is 2.09. The molecule has 3 rings (SSSR count). The molecule has 7 heteroatoms. The Morgan fingerprint density at radius 1 is 1.15 bits per heavy atom. The molecule has 1 aromatic heterocycles. The molecule has 140 valence electrons. The van der Waals surface area contributed by atoms with Gasteiger partial charge >= 0.3 is 0 Å². The maximum Gasteiger partial charge on any atom is 0.278 e. The zero-order chi connectivity index (χ0) is 19.1. The van der Waals surface area contributed by atoms with E-state index in [0.29, 0.717) is 30.5 Å². The lowest BCUT2D eigenvalue weighted by atomic mass is 10.1. The number of hydrogen-bond acceptors (Lipinski definition) is 5. The molecule has 27 heavy (non-hydrogen) atoms. The van der Waals surface area contributed by atoms with E-state index < -0.39 is 0 Å². The molecule has 1 N–H and O–H groups in total. The van der Waals surface area contributed by atoms with Crippen molar-refractivity contribution >= 4 is 16.8 Å². The van der Waals surface area contributed by atoms with E-state index in [-0.39, 0.29) is 24.1 Å². The maximum absolute atomic E-state index is 12.3. The fraction of sp³-hybridized carbons (Fsp3) is 0.300. The van der Waals surface area contributed by atoms with Gasteiger partial charge in [0.25, 0.3) is 5.56 Å². The molecule has 0 aliphatic rings. The topological polar surface area (TPSA) is 86.1 Å². The van der Waals surface area contributed by atoms with Crippen LogP contribution in [0.25, 0.3) is 10.9 Å². The molecule has 0 spiro atoms. The Bertz CT molecular complexity index is 956. The Hall–Kier alpha value is -3.06. The minimum Gasteiger partial charge on any atom is -0.374 e. The second kappa shape index (κ2) is 9.05. The molecule has 0 aliphatic heterocycles. The normalized spacial score (nSPS) is 12.0. The third-order valence-corrected chi connectivity index (χ3v) is 4.20. The molecule has 0 radical (unpaired) electrons. The molecule has 1 atom stereocenters. The van der Waals surface area contributed by atoms with E-state index in [2.05, 4.69) is 15.6 Å². The number of aromatic nitrogens is 3. The first-order chi connectivity index (χ1) is 13.1. The Morgan fingerprint density at radius 3 is 2.70 bits per heavy atom. The van der Waals surface area contributed by atoms with Gasteiger partial charge in [0, 0.05) is 13.2 Å². The summed E-state index contributed by atoms with van der Waals surface area (Å²) in [5.74, 6) is -0.280. The van der Waals surface area contributed by atoms with Crippen molar-refractivity contribution in [2.45, 2.75) is 26.0 Å². The molecule has 0 aliphatic carbocycles. The van der Waals surface area contributed by atoms with Crippen LogP contribution in [0.3, 0.4) is 0 Å². The number of fused-ring (bicyclic) bond motifs is 1. The standard InChI is InChI=1S/C20H22N4O3/c1-15(16-8-3-2-4-9-16)27-13-7-12-21-19(25)14-24-20(26)17-10-5-6-11-18(17)22-23-24/h2-6,8-11,15H,7,12-14H2,1H3,(H,21,25). The summed E-state index contributed by atoms with van der Waals surface area (Å²) in [6.07, 6.45) is 0.689. The summed E-state index contributed by atoms with van der Waals surface area (Å²) >= 11 is 0. The molecule has 0 bridgehead atoms. The van der Waals surface area contributed by atoms with Gasteiger partial charge in [-0.25, -0.2) is 4.68 Å². The molecule has 1 heterocycles. The number of rotatable bonds is 8. The van der Waals surface area contributed by atoms with Crippen molar-refractivity contribution in [2.24, 2.45) is 0 Å². The van der Waals surface area contributed by atoms with Gasteiger partial charge in [0.1, 0.15) is 12.1 Å². The summed E-state index contributed by atoms with van der Waals surface area (Å²) in [4.78, 5) is 24.4. The highest BCUT2D eigenvalue weighted by molar-refractivity contribution is 5.78. The highest BCUT2D eigenvalue weighted by Crippen LogP contribution is 2.15. The summed E-state index contributed by atoms with van der Waals surface area (Å²) in [5, 5.41) is 11.0. The Labute approximate surface area is 157 Å². The molecule has 1 amide bonds. The summed E-state index contributed by atoms with van der Waals surface area (Å²) in [6, 6.07) is 16.9. The van der Waals surface area contributed by atoms with Crippen LogP contribution < -0.4 is 10.9 Å². The molecule has 1 unspecified atom stereocenters. The van der Waals surface area contributed by atoms with Crippen molar-refractivity contribution in [1.29, 1.82) is 0 Å². The molecule has 0 fully saturated rings. The van der Waals surface area contributed by atoms with E-state index in [1.807, 2.05) is 37.3 Å². The number of amides is 1. The van der Waals surface area contributed by atoms with E-state index in [0.717, 1.165) is 10.2 Å². The van der Waals surface area contributed by atoms with Crippen molar-refractivity contribution in [2.75, 3.05) is 13.2 Å². The first-order valence-corrected chi connectivity index (χ1v) is 8.91. The van der Waals surface area contributed by atoms with Crippen molar-refractivity contribution in [1.82, 2.24) is 20.3 Å². The molecule has 0 saturated heterocycles. The largest absolute Gasteiger partial charge is 0.374 e. The summed E-state index contributed by atoms with van der Waals surface area (Å²) < 4.78 is 6.84. The SMILES string of the molecule is CC(OCCCNC(=O)Cn1nnc2ccccc2c1=O)c1ccccc1. The van der Waals surface area contributed by atoms with E-state index >= 15 is 0 Å². The van der Waals surface area contributed by atoms with Crippen molar-refractivity contribution in [3.63, 3.8) is 0 Å². The lowest BCUT2D eigenvalue weighted by Gasteiger charge is -2.13. The highest BCUT2D eigenvalue weighted by atomic mass is 16.5. The third kappa shape index (κ3) is 4.98. The lowest BCUT2D eigenvalue weighted by molar-refractivity contribution is -0.122. The van der Waals surface area contributed by atoms with Crippen LogP contribution in [0.15, 0.2) is 59.4 Å². The second-order valence-electron chi connectivity index (χ2n) is 6.20. The Morgan fingerprint density at radius 2 is 1.89 bits per heavy atom. The van der Waals surface area contributed by atoms with Gasteiger partial charge in [-0.1, -0.05) is 47.7 Å². The van der Waals surface area contributed by atoms with E-state index in [1.165, 1.54) is 0 Å². The van der Waals surface area contributed by atoms with E-state index in [1.54, 1.807) is 24.3 Å². The maximum atomic E-state index is 12.3. The lowest BCUT2D eigenvalue weighted by Crippen LogP contribution is -2.34. The average molecular weight is 366 g/mol. The minimum atomic E-state index is -0.323.